The molecule has 0 spiro atoms. The molecule has 1 fully saturated rings. The monoisotopic (exact) mass is 558 g/mol. The van der Waals surface area contributed by atoms with Gasteiger partial charge in [-0.3, -0.25) is 0 Å². The standard InChI is InChI=1S/C28H50B.C6H14.C3H8.C2H6/c1-9-23(6)28(29-25(8)24(7)22(4)5)20-27-18-16-26(17-19-27)15-13-11-10-12-14-21(2)3;1-4-5-6(2)3;1-3-2;1-2/h20,22-24,26-27H,2,8-19H2,1,3-7H3;6H,4-5H2,1-3H3;3H2,1-2H3;1-2H3/b28-20-;;;. The molecule has 1 aliphatic carbocycles. The Kier molecular flexibility index (Phi) is 32.5. The SMILES string of the molecule is C=C(C)CCCCCCC1CCC(/C=C(\[B]C(=C)C(C)C(C)C)C(C)CC)CC1.CC.CCC.CCCC(C)C. The zero-order chi connectivity index (χ0) is 31.5. The fourth-order valence-corrected chi connectivity index (χ4v) is 5.07. The summed E-state index contributed by atoms with van der Waals surface area (Å²) in [6, 6.07) is 0. The molecule has 1 rings (SSSR count). The van der Waals surface area contributed by atoms with Crippen molar-refractivity contribution >= 4 is 7.28 Å². The van der Waals surface area contributed by atoms with Crippen LogP contribution in [0.25, 0.3) is 0 Å². The maximum atomic E-state index is 4.40. The summed E-state index contributed by atoms with van der Waals surface area (Å²) in [6.45, 7) is 37.2. The molecule has 2 unspecified atom stereocenters. The molecular weight excluding hydrogens is 479 g/mol. The average Bonchev–Trinajstić information content (AvgIpc) is 2.91. The van der Waals surface area contributed by atoms with Crippen LogP contribution in [0.15, 0.2) is 35.8 Å². The van der Waals surface area contributed by atoms with Gasteiger partial charge in [0, 0.05) is 0 Å². The second kappa shape index (κ2) is 29.8. The summed E-state index contributed by atoms with van der Waals surface area (Å²) in [5.41, 5.74) is 4.20. The van der Waals surface area contributed by atoms with E-state index in [2.05, 4.69) is 103 Å². The topological polar surface area (TPSA) is 0 Å². The van der Waals surface area contributed by atoms with E-state index in [1.165, 1.54) is 101 Å². The highest BCUT2D eigenvalue weighted by Crippen LogP contribution is 2.34. The lowest BCUT2D eigenvalue weighted by atomic mass is 9.54. The predicted octanol–water partition coefficient (Wildman–Crippen LogP) is 14.0. The average molecular weight is 558 g/mol. The molecule has 0 saturated heterocycles. The number of unbranched alkanes of at least 4 members (excludes halogenated alkanes) is 3. The molecule has 0 N–H and O–H groups in total. The highest BCUT2D eigenvalue weighted by atomic mass is 14.3. The van der Waals surface area contributed by atoms with Gasteiger partial charge in [-0.05, 0) is 81.0 Å². The second-order valence-electron chi connectivity index (χ2n) is 13.3. The molecule has 40 heavy (non-hydrogen) atoms. The molecule has 1 heteroatoms. The van der Waals surface area contributed by atoms with Crippen LogP contribution in [-0.2, 0) is 0 Å². The van der Waals surface area contributed by atoms with Gasteiger partial charge in [0.25, 0.3) is 0 Å². The van der Waals surface area contributed by atoms with Crippen LogP contribution in [-0.4, -0.2) is 7.28 Å². The van der Waals surface area contributed by atoms with Crippen LogP contribution in [0.3, 0.4) is 0 Å². The number of hydrogen-bond donors (Lipinski definition) is 0. The van der Waals surface area contributed by atoms with E-state index in [9.17, 15) is 0 Å². The van der Waals surface area contributed by atoms with E-state index in [1.807, 2.05) is 13.8 Å². The minimum Gasteiger partial charge on any atom is -0.109 e. The highest BCUT2D eigenvalue weighted by Gasteiger charge is 2.22. The van der Waals surface area contributed by atoms with Crippen LogP contribution in [0, 0.1) is 35.5 Å². The van der Waals surface area contributed by atoms with E-state index in [1.54, 1.807) is 5.47 Å². The molecule has 0 nitrogen and oxygen atoms in total. The first-order valence-corrected chi connectivity index (χ1v) is 17.8. The minimum absolute atomic E-state index is 0.564. The van der Waals surface area contributed by atoms with Gasteiger partial charge in [0.05, 0.1) is 0 Å². The van der Waals surface area contributed by atoms with Crippen molar-refractivity contribution in [3.8, 4) is 0 Å². The second-order valence-corrected chi connectivity index (χ2v) is 13.3. The van der Waals surface area contributed by atoms with E-state index in [4.69, 9.17) is 0 Å². The normalized spacial score (nSPS) is 18.3. The molecule has 1 radical (unpaired) electrons. The van der Waals surface area contributed by atoms with Crippen LogP contribution in [0.1, 0.15) is 180 Å². The number of hydrogen-bond acceptors (Lipinski definition) is 0. The van der Waals surface area contributed by atoms with Gasteiger partial charge in [-0.25, -0.2) is 0 Å². The largest absolute Gasteiger partial charge is 0.179 e. The quantitative estimate of drug-likeness (QED) is 0.101. The molecule has 0 aromatic rings. The van der Waals surface area contributed by atoms with Crippen LogP contribution < -0.4 is 0 Å². The maximum Gasteiger partial charge on any atom is 0.179 e. The van der Waals surface area contributed by atoms with E-state index >= 15 is 0 Å². The van der Waals surface area contributed by atoms with E-state index in [0.29, 0.717) is 17.8 Å². The van der Waals surface area contributed by atoms with Crippen molar-refractivity contribution in [2.45, 2.75) is 180 Å². The lowest BCUT2D eigenvalue weighted by molar-refractivity contribution is 0.288. The Balaban J connectivity index is -0.00000106. The van der Waals surface area contributed by atoms with Crippen molar-refractivity contribution in [2.24, 2.45) is 35.5 Å². The van der Waals surface area contributed by atoms with Crippen molar-refractivity contribution in [1.82, 2.24) is 0 Å². The van der Waals surface area contributed by atoms with Gasteiger partial charge < -0.3 is 0 Å². The van der Waals surface area contributed by atoms with E-state index in [0.717, 1.165) is 17.8 Å². The summed E-state index contributed by atoms with van der Waals surface area (Å²) in [6.07, 6.45) is 21.7. The van der Waals surface area contributed by atoms with Crippen LogP contribution in [0.2, 0.25) is 0 Å². The molecule has 0 aliphatic heterocycles. The molecular formula is C39H78B. The van der Waals surface area contributed by atoms with Gasteiger partial charge in [-0.2, -0.15) is 0 Å². The van der Waals surface area contributed by atoms with Gasteiger partial charge in [0.2, 0.25) is 0 Å². The van der Waals surface area contributed by atoms with E-state index < -0.39 is 0 Å². The maximum absolute atomic E-state index is 4.40. The molecule has 2 atom stereocenters. The third-order valence-corrected chi connectivity index (χ3v) is 8.27. The fourth-order valence-electron chi connectivity index (χ4n) is 5.07. The van der Waals surface area contributed by atoms with Gasteiger partial charge >= 0.3 is 0 Å². The third-order valence-electron chi connectivity index (χ3n) is 8.27. The fraction of sp³-hybridized carbons (Fsp3) is 0.846. The van der Waals surface area contributed by atoms with Crippen molar-refractivity contribution in [2.75, 3.05) is 0 Å². The first kappa shape index (κ1) is 43.7. The summed E-state index contributed by atoms with van der Waals surface area (Å²) in [5, 5.41) is 0. The van der Waals surface area contributed by atoms with Gasteiger partial charge in [0.1, 0.15) is 0 Å². The summed E-state index contributed by atoms with van der Waals surface area (Å²) < 4.78 is 0. The summed E-state index contributed by atoms with van der Waals surface area (Å²) in [7, 11) is 2.43. The van der Waals surface area contributed by atoms with Crippen LogP contribution >= 0.6 is 0 Å². The Hall–Kier alpha value is -0.715. The van der Waals surface area contributed by atoms with Crippen molar-refractivity contribution in [3.05, 3.63) is 35.8 Å². The van der Waals surface area contributed by atoms with Gasteiger partial charge in [-0.1, -0.05) is 146 Å². The predicted molar refractivity (Wildman–Crippen MR) is 191 cm³/mol. The van der Waals surface area contributed by atoms with Crippen LogP contribution in [0.4, 0.5) is 0 Å². The smallest absolute Gasteiger partial charge is 0.109 e. The summed E-state index contributed by atoms with van der Waals surface area (Å²) in [4.78, 5) is 0. The summed E-state index contributed by atoms with van der Waals surface area (Å²) >= 11 is 0. The first-order chi connectivity index (χ1) is 18.9. The van der Waals surface area contributed by atoms with Gasteiger partial charge in [0.15, 0.2) is 7.28 Å². The molecule has 0 bridgehead atoms. The van der Waals surface area contributed by atoms with Gasteiger partial charge in [-0.15, -0.1) is 24.1 Å². The van der Waals surface area contributed by atoms with Crippen molar-refractivity contribution in [1.29, 1.82) is 0 Å². The Morgan fingerprint density at radius 2 is 1.35 bits per heavy atom. The zero-order valence-electron chi connectivity index (χ0n) is 30.4. The number of rotatable bonds is 16. The zero-order valence-corrected chi connectivity index (χ0v) is 30.4. The lowest BCUT2D eigenvalue weighted by Gasteiger charge is -2.29. The molecule has 0 aromatic heterocycles. The number of allylic oxidation sites excluding steroid dienone is 4. The first-order valence-electron chi connectivity index (χ1n) is 17.8. The third kappa shape index (κ3) is 26.2. The highest BCUT2D eigenvalue weighted by molar-refractivity contribution is 6.53. The Bertz CT molecular complexity index is 588. The molecule has 237 valence electrons. The lowest BCUT2D eigenvalue weighted by Crippen LogP contribution is -2.19. The van der Waals surface area contributed by atoms with Crippen molar-refractivity contribution < 1.29 is 0 Å². The van der Waals surface area contributed by atoms with E-state index in [-0.39, 0.29) is 0 Å². The molecule has 1 saturated carbocycles. The Labute approximate surface area is 258 Å². The summed E-state index contributed by atoms with van der Waals surface area (Å²) in [5.74, 6) is 4.52. The minimum atomic E-state index is 0.564. The molecule has 0 amide bonds. The Morgan fingerprint density at radius 3 is 1.75 bits per heavy atom. The molecule has 0 aromatic carbocycles. The van der Waals surface area contributed by atoms with Crippen molar-refractivity contribution in [3.63, 3.8) is 0 Å². The molecule has 0 heterocycles. The Morgan fingerprint density at radius 1 is 0.825 bits per heavy atom. The van der Waals surface area contributed by atoms with Crippen LogP contribution in [0.5, 0.6) is 0 Å². The molecule has 1 aliphatic rings.